The number of para-hydroxylation sites is 1. The normalized spacial score (nSPS) is 9.89. The SMILES string of the molecule is Cc1cc(Nc2c(F)cccc2Cl)ccc1C#N. The van der Waals surface area contributed by atoms with E-state index in [1.165, 1.54) is 6.07 Å². The van der Waals surface area contributed by atoms with Gasteiger partial charge in [0.15, 0.2) is 0 Å². The van der Waals surface area contributed by atoms with E-state index < -0.39 is 5.82 Å². The largest absolute Gasteiger partial charge is 0.352 e. The second-order valence-electron chi connectivity index (χ2n) is 3.86. The van der Waals surface area contributed by atoms with Crippen LogP contribution in [0.5, 0.6) is 0 Å². The van der Waals surface area contributed by atoms with E-state index in [1.807, 2.05) is 6.92 Å². The van der Waals surface area contributed by atoms with E-state index in [4.69, 9.17) is 16.9 Å². The fraction of sp³-hybridized carbons (Fsp3) is 0.0714. The summed E-state index contributed by atoms with van der Waals surface area (Å²) in [6, 6.07) is 11.8. The van der Waals surface area contributed by atoms with Crippen LogP contribution in [0, 0.1) is 24.1 Å². The van der Waals surface area contributed by atoms with Crippen LogP contribution >= 0.6 is 11.6 Å². The molecule has 0 aliphatic carbocycles. The third kappa shape index (κ3) is 2.44. The highest BCUT2D eigenvalue weighted by Gasteiger charge is 2.07. The Morgan fingerprint density at radius 3 is 2.67 bits per heavy atom. The molecule has 0 spiro atoms. The number of aryl methyl sites for hydroxylation is 1. The first-order valence-corrected chi connectivity index (χ1v) is 5.71. The average molecular weight is 261 g/mol. The van der Waals surface area contributed by atoms with E-state index in [-0.39, 0.29) is 5.69 Å². The van der Waals surface area contributed by atoms with Crippen LogP contribution in [0.2, 0.25) is 5.02 Å². The van der Waals surface area contributed by atoms with Crippen molar-refractivity contribution in [3.05, 3.63) is 58.4 Å². The van der Waals surface area contributed by atoms with Gasteiger partial charge in [-0.1, -0.05) is 17.7 Å². The number of benzene rings is 2. The van der Waals surface area contributed by atoms with Gasteiger partial charge in [0.05, 0.1) is 22.3 Å². The van der Waals surface area contributed by atoms with Crippen molar-refractivity contribution in [2.45, 2.75) is 6.92 Å². The van der Waals surface area contributed by atoms with Gasteiger partial charge in [-0.25, -0.2) is 4.39 Å². The highest BCUT2D eigenvalue weighted by Crippen LogP contribution is 2.28. The summed E-state index contributed by atoms with van der Waals surface area (Å²) in [7, 11) is 0. The molecule has 0 saturated heterocycles. The Hall–Kier alpha value is -2.05. The minimum atomic E-state index is -0.412. The van der Waals surface area contributed by atoms with Crippen molar-refractivity contribution in [2.75, 3.05) is 5.32 Å². The summed E-state index contributed by atoms with van der Waals surface area (Å²) in [5, 5.41) is 12.1. The Bertz CT molecular complexity index is 612. The number of nitrogens with zero attached hydrogens (tertiary/aromatic N) is 1. The van der Waals surface area contributed by atoms with E-state index in [0.717, 1.165) is 5.56 Å². The van der Waals surface area contributed by atoms with E-state index in [2.05, 4.69) is 11.4 Å². The van der Waals surface area contributed by atoms with Gasteiger partial charge in [-0.2, -0.15) is 5.26 Å². The molecule has 1 N–H and O–H groups in total. The Morgan fingerprint density at radius 2 is 2.06 bits per heavy atom. The fourth-order valence-corrected chi connectivity index (χ4v) is 1.84. The molecule has 0 saturated carbocycles. The van der Waals surface area contributed by atoms with Gasteiger partial charge in [-0.3, -0.25) is 0 Å². The average Bonchev–Trinajstić information content (AvgIpc) is 2.34. The van der Waals surface area contributed by atoms with Crippen molar-refractivity contribution in [2.24, 2.45) is 0 Å². The maximum Gasteiger partial charge on any atom is 0.148 e. The van der Waals surface area contributed by atoms with Gasteiger partial charge in [-0.15, -0.1) is 0 Å². The maximum absolute atomic E-state index is 13.6. The van der Waals surface area contributed by atoms with Gasteiger partial charge in [0.25, 0.3) is 0 Å². The third-order valence-electron chi connectivity index (χ3n) is 2.58. The number of halogens is 2. The predicted molar refractivity (Wildman–Crippen MR) is 70.6 cm³/mol. The summed E-state index contributed by atoms with van der Waals surface area (Å²) >= 11 is 5.92. The van der Waals surface area contributed by atoms with Crippen molar-refractivity contribution >= 4 is 23.0 Å². The number of hydrogen-bond donors (Lipinski definition) is 1. The quantitative estimate of drug-likeness (QED) is 0.869. The monoisotopic (exact) mass is 260 g/mol. The molecular formula is C14H10ClFN2. The van der Waals surface area contributed by atoms with Crippen LogP contribution in [-0.2, 0) is 0 Å². The molecule has 0 unspecified atom stereocenters. The van der Waals surface area contributed by atoms with Crippen molar-refractivity contribution in [1.29, 1.82) is 5.26 Å². The summed E-state index contributed by atoms with van der Waals surface area (Å²) < 4.78 is 13.6. The van der Waals surface area contributed by atoms with Crippen molar-refractivity contribution in [3.8, 4) is 6.07 Å². The molecule has 4 heteroatoms. The third-order valence-corrected chi connectivity index (χ3v) is 2.89. The predicted octanol–water partition coefficient (Wildman–Crippen LogP) is 4.40. The van der Waals surface area contributed by atoms with Gasteiger partial charge >= 0.3 is 0 Å². The molecule has 2 aromatic rings. The van der Waals surface area contributed by atoms with Crippen LogP contribution in [0.1, 0.15) is 11.1 Å². The number of anilines is 2. The minimum Gasteiger partial charge on any atom is -0.352 e. The first-order chi connectivity index (χ1) is 8.61. The van der Waals surface area contributed by atoms with E-state index in [9.17, 15) is 4.39 Å². The Labute approximate surface area is 110 Å². The molecule has 0 aromatic heterocycles. The van der Waals surface area contributed by atoms with Crippen LogP contribution in [0.25, 0.3) is 0 Å². The van der Waals surface area contributed by atoms with Crippen LogP contribution in [0.15, 0.2) is 36.4 Å². The summed E-state index contributed by atoms with van der Waals surface area (Å²) in [5.74, 6) is -0.412. The Morgan fingerprint density at radius 1 is 1.28 bits per heavy atom. The lowest BCUT2D eigenvalue weighted by Gasteiger charge is -2.10. The molecule has 0 aliphatic heterocycles. The van der Waals surface area contributed by atoms with Gasteiger partial charge in [0, 0.05) is 5.69 Å². The fourth-order valence-electron chi connectivity index (χ4n) is 1.63. The highest BCUT2D eigenvalue weighted by molar-refractivity contribution is 6.33. The summed E-state index contributed by atoms with van der Waals surface area (Å²) in [5.41, 5.74) is 2.36. The van der Waals surface area contributed by atoms with Crippen LogP contribution in [-0.4, -0.2) is 0 Å². The topological polar surface area (TPSA) is 35.8 Å². The zero-order valence-electron chi connectivity index (χ0n) is 9.67. The maximum atomic E-state index is 13.6. The molecule has 0 aliphatic rings. The number of nitriles is 1. The van der Waals surface area contributed by atoms with Crippen LogP contribution < -0.4 is 5.32 Å². The zero-order valence-corrected chi connectivity index (χ0v) is 10.4. The van der Waals surface area contributed by atoms with E-state index >= 15 is 0 Å². The molecule has 90 valence electrons. The lowest BCUT2D eigenvalue weighted by Crippen LogP contribution is -1.95. The van der Waals surface area contributed by atoms with Crippen molar-refractivity contribution < 1.29 is 4.39 Å². The summed E-state index contributed by atoms with van der Waals surface area (Å²) in [6.45, 7) is 1.83. The van der Waals surface area contributed by atoms with E-state index in [0.29, 0.717) is 16.3 Å². The van der Waals surface area contributed by atoms with Crippen molar-refractivity contribution in [3.63, 3.8) is 0 Å². The highest BCUT2D eigenvalue weighted by atomic mass is 35.5. The molecular weight excluding hydrogens is 251 g/mol. The van der Waals surface area contributed by atoms with Crippen LogP contribution in [0.4, 0.5) is 15.8 Å². The van der Waals surface area contributed by atoms with Gasteiger partial charge in [-0.05, 0) is 42.8 Å². The molecule has 0 amide bonds. The lowest BCUT2D eigenvalue weighted by molar-refractivity contribution is 0.632. The second-order valence-corrected chi connectivity index (χ2v) is 4.27. The first kappa shape index (κ1) is 12.4. The molecule has 2 rings (SSSR count). The first-order valence-electron chi connectivity index (χ1n) is 5.33. The number of hydrogen-bond acceptors (Lipinski definition) is 2. The summed E-state index contributed by atoms with van der Waals surface area (Å²) in [6.07, 6.45) is 0. The standard InChI is InChI=1S/C14H10ClFN2/c1-9-7-11(6-5-10(9)8-17)18-14-12(15)3-2-4-13(14)16/h2-7,18H,1H3. The minimum absolute atomic E-state index is 0.239. The van der Waals surface area contributed by atoms with Gasteiger partial charge in [0.2, 0.25) is 0 Å². The number of rotatable bonds is 2. The molecule has 0 atom stereocenters. The second kappa shape index (κ2) is 5.07. The number of nitrogens with one attached hydrogen (secondary N) is 1. The van der Waals surface area contributed by atoms with Crippen molar-refractivity contribution in [1.82, 2.24) is 0 Å². The smallest absolute Gasteiger partial charge is 0.148 e. The molecule has 0 fully saturated rings. The Balaban J connectivity index is 2.35. The molecule has 2 nitrogen and oxygen atoms in total. The van der Waals surface area contributed by atoms with E-state index in [1.54, 1.807) is 30.3 Å². The molecule has 0 bridgehead atoms. The molecule has 0 heterocycles. The van der Waals surface area contributed by atoms with Crippen LogP contribution in [0.3, 0.4) is 0 Å². The molecule has 2 aromatic carbocycles. The zero-order chi connectivity index (χ0) is 13.1. The summed E-state index contributed by atoms with van der Waals surface area (Å²) in [4.78, 5) is 0. The van der Waals surface area contributed by atoms with Gasteiger partial charge < -0.3 is 5.32 Å². The lowest BCUT2D eigenvalue weighted by atomic mass is 10.1. The molecule has 18 heavy (non-hydrogen) atoms. The van der Waals surface area contributed by atoms with Gasteiger partial charge in [0.1, 0.15) is 5.82 Å². The molecule has 0 radical (unpaired) electrons. The Kier molecular flexibility index (Phi) is 3.50.